The van der Waals surface area contributed by atoms with Gasteiger partial charge in [0.15, 0.2) is 23.2 Å². The summed E-state index contributed by atoms with van der Waals surface area (Å²) in [6.45, 7) is 1.71. The van der Waals surface area contributed by atoms with Crippen LogP contribution < -0.4 is 15.1 Å². The summed E-state index contributed by atoms with van der Waals surface area (Å²) in [7, 11) is 1.96. The second-order valence-electron chi connectivity index (χ2n) is 9.32. The summed E-state index contributed by atoms with van der Waals surface area (Å²) < 4.78 is 76.7. The van der Waals surface area contributed by atoms with Gasteiger partial charge in [-0.3, -0.25) is 4.84 Å². The van der Waals surface area contributed by atoms with Crippen molar-refractivity contribution in [3.63, 3.8) is 0 Å². The number of hydrogen-bond donors (Lipinski definition) is 1. The van der Waals surface area contributed by atoms with Gasteiger partial charge in [0.25, 0.3) is 0 Å². The van der Waals surface area contributed by atoms with E-state index < -0.39 is 41.0 Å². The highest BCUT2D eigenvalue weighted by atomic mass is 19.4. The Hall–Kier alpha value is -3.51. The third-order valence-electron chi connectivity index (χ3n) is 6.58. The maximum absolute atomic E-state index is 14.8. The van der Waals surface area contributed by atoms with E-state index in [2.05, 4.69) is 20.2 Å². The number of benzene rings is 2. The van der Waals surface area contributed by atoms with Crippen LogP contribution in [0.25, 0.3) is 0 Å². The van der Waals surface area contributed by atoms with Crippen LogP contribution in [0.15, 0.2) is 48.7 Å². The Morgan fingerprint density at radius 3 is 2.37 bits per heavy atom. The minimum Gasteiger partial charge on any atom is -0.484 e. The molecule has 0 aliphatic carbocycles. The number of hydroxylamine groups is 1. The zero-order chi connectivity index (χ0) is 26.9. The molecule has 3 heterocycles. The maximum atomic E-state index is 14.8. The van der Waals surface area contributed by atoms with E-state index in [1.165, 1.54) is 0 Å². The minimum absolute atomic E-state index is 0.0802. The number of piperidine rings is 1. The molecular formula is C26H26F5N5O2. The van der Waals surface area contributed by atoms with Crippen LogP contribution in [0.5, 0.6) is 5.75 Å². The quantitative estimate of drug-likeness (QED) is 0.396. The van der Waals surface area contributed by atoms with Gasteiger partial charge < -0.3 is 15.0 Å². The molecule has 1 N–H and O–H groups in total. The monoisotopic (exact) mass is 535 g/mol. The fourth-order valence-corrected chi connectivity index (χ4v) is 4.60. The average Bonchev–Trinajstić information content (AvgIpc) is 3.37. The number of alkyl halides is 3. The van der Waals surface area contributed by atoms with Gasteiger partial charge in [-0.1, -0.05) is 30.3 Å². The summed E-state index contributed by atoms with van der Waals surface area (Å²) in [5.74, 6) is -3.14. The predicted octanol–water partition coefficient (Wildman–Crippen LogP) is 5.87. The molecule has 7 nitrogen and oxygen atoms in total. The highest BCUT2D eigenvalue weighted by Gasteiger charge is 2.40. The molecule has 2 aliphatic heterocycles. The summed E-state index contributed by atoms with van der Waals surface area (Å²) in [5, 5.41) is 3.72. The maximum Gasteiger partial charge on any atom is 0.421 e. The number of halogens is 5. The van der Waals surface area contributed by atoms with E-state index in [-0.39, 0.29) is 24.3 Å². The first kappa shape index (κ1) is 26.1. The van der Waals surface area contributed by atoms with Gasteiger partial charge in [-0.2, -0.15) is 18.2 Å². The average molecular weight is 536 g/mol. The van der Waals surface area contributed by atoms with E-state index in [1.54, 1.807) is 30.3 Å². The number of anilines is 3. The number of rotatable bonds is 6. The van der Waals surface area contributed by atoms with E-state index >= 15 is 0 Å². The minimum atomic E-state index is -4.76. The Morgan fingerprint density at radius 1 is 1.03 bits per heavy atom. The van der Waals surface area contributed by atoms with Gasteiger partial charge in [0.2, 0.25) is 5.95 Å². The van der Waals surface area contributed by atoms with Crippen LogP contribution in [0, 0.1) is 11.6 Å². The van der Waals surface area contributed by atoms with E-state index in [0.29, 0.717) is 25.5 Å². The number of ether oxygens (including phenoxy) is 1. The molecule has 3 aromatic rings. The molecule has 0 spiro atoms. The van der Waals surface area contributed by atoms with Crippen molar-refractivity contribution in [2.45, 2.75) is 37.6 Å². The summed E-state index contributed by atoms with van der Waals surface area (Å²) in [4.78, 5) is 15.5. The van der Waals surface area contributed by atoms with Crippen molar-refractivity contribution in [1.29, 1.82) is 0 Å². The van der Waals surface area contributed by atoms with Gasteiger partial charge in [-0.15, -0.1) is 0 Å². The van der Waals surface area contributed by atoms with Gasteiger partial charge >= 0.3 is 6.18 Å². The standard InChI is InChI=1S/C26H26F5N5O2/c1-35-10-7-18(8-11-35)38-23-20(27)13-17(14-21(23)28)33-25-32-15-19(26(29,30)31)24(34-25)36-22(9-12-37-36)16-5-3-2-4-6-16/h2-6,13-15,18,22H,7-12H2,1H3,(H,32,33,34). The van der Waals surface area contributed by atoms with Gasteiger partial charge in [0.1, 0.15) is 11.7 Å². The molecule has 38 heavy (non-hydrogen) atoms. The van der Waals surface area contributed by atoms with Crippen molar-refractivity contribution in [3.05, 3.63) is 71.4 Å². The summed E-state index contributed by atoms with van der Waals surface area (Å²) >= 11 is 0. The second-order valence-corrected chi connectivity index (χ2v) is 9.32. The molecule has 0 amide bonds. The molecule has 202 valence electrons. The number of nitrogens with one attached hydrogen (secondary N) is 1. The van der Waals surface area contributed by atoms with Crippen molar-refractivity contribution in [2.24, 2.45) is 0 Å². The number of aromatic nitrogens is 2. The molecule has 12 heteroatoms. The first-order valence-corrected chi connectivity index (χ1v) is 12.2. The molecule has 2 aliphatic rings. The molecule has 5 rings (SSSR count). The van der Waals surface area contributed by atoms with Crippen LogP contribution in [0.4, 0.5) is 39.4 Å². The fourth-order valence-electron chi connectivity index (χ4n) is 4.60. The third kappa shape index (κ3) is 5.65. The Kier molecular flexibility index (Phi) is 7.35. The van der Waals surface area contributed by atoms with Gasteiger partial charge in [-0.25, -0.2) is 18.8 Å². The molecule has 1 unspecified atom stereocenters. The van der Waals surface area contributed by atoms with E-state index in [1.807, 2.05) is 7.05 Å². The first-order chi connectivity index (χ1) is 18.2. The lowest BCUT2D eigenvalue weighted by atomic mass is 10.0. The number of nitrogens with zero attached hydrogens (tertiary/aromatic N) is 4. The molecule has 2 fully saturated rings. The van der Waals surface area contributed by atoms with E-state index in [4.69, 9.17) is 9.57 Å². The van der Waals surface area contributed by atoms with Crippen molar-refractivity contribution >= 4 is 17.5 Å². The normalized spacial score (nSPS) is 19.1. The van der Waals surface area contributed by atoms with Gasteiger partial charge in [0, 0.05) is 43.5 Å². The van der Waals surface area contributed by atoms with Crippen LogP contribution in [0.2, 0.25) is 0 Å². The van der Waals surface area contributed by atoms with Crippen molar-refractivity contribution in [3.8, 4) is 5.75 Å². The predicted molar refractivity (Wildman–Crippen MR) is 130 cm³/mol. The van der Waals surface area contributed by atoms with E-state index in [0.717, 1.165) is 35.8 Å². The zero-order valence-corrected chi connectivity index (χ0v) is 20.5. The molecule has 1 atom stereocenters. The largest absolute Gasteiger partial charge is 0.484 e. The van der Waals surface area contributed by atoms with Crippen molar-refractivity contribution in [1.82, 2.24) is 14.9 Å². The molecular weight excluding hydrogens is 509 g/mol. The number of hydrogen-bond acceptors (Lipinski definition) is 7. The Labute approximate surface area is 216 Å². The molecule has 2 aromatic carbocycles. The Bertz CT molecular complexity index is 1250. The first-order valence-electron chi connectivity index (χ1n) is 12.2. The lowest BCUT2D eigenvalue weighted by molar-refractivity contribution is -0.138. The highest BCUT2D eigenvalue weighted by Crippen LogP contribution is 2.42. The van der Waals surface area contributed by atoms with E-state index in [9.17, 15) is 22.0 Å². The van der Waals surface area contributed by atoms with Crippen LogP contribution >= 0.6 is 0 Å². The zero-order valence-electron chi connectivity index (χ0n) is 20.5. The van der Waals surface area contributed by atoms with Crippen LogP contribution in [-0.4, -0.2) is 47.7 Å². The molecule has 0 radical (unpaired) electrons. The number of likely N-dealkylation sites (tertiary alicyclic amines) is 1. The molecule has 0 bridgehead atoms. The Morgan fingerprint density at radius 2 is 1.71 bits per heavy atom. The Balaban J connectivity index is 1.41. The molecule has 1 aromatic heterocycles. The lowest BCUT2D eigenvalue weighted by Gasteiger charge is -2.29. The van der Waals surface area contributed by atoms with Gasteiger partial charge in [-0.05, 0) is 25.5 Å². The summed E-state index contributed by atoms with van der Waals surface area (Å²) in [6, 6.07) is 10.4. The van der Waals surface area contributed by atoms with Crippen LogP contribution in [0.3, 0.4) is 0 Å². The second kappa shape index (κ2) is 10.7. The topological polar surface area (TPSA) is 62.8 Å². The lowest BCUT2D eigenvalue weighted by Crippen LogP contribution is -2.35. The summed E-state index contributed by atoms with van der Waals surface area (Å²) in [5.41, 5.74) is -0.413. The van der Waals surface area contributed by atoms with Crippen molar-refractivity contribution in [2.75, 3.05) is 37.1 Å². The highest BCUT2D eigenvalue weighted by molar-refractivity contribution is 5.59. The van der Waals surface area contributed by atoms with Gasteiger partial charge in [0.05, 0.1) is 12.6 Å². The molecule has 0 saturated carbocycles. The van der Waals surface area contributed by atoms with Crippen LogP contribution in [-0.2, 0) is 11.0 Å². The fraction of sp³-hybridized carbons (Fsp3) is 0.385. The smallest absolute Gasteiger partial charge is 0.421 e. The molecule has 2 saturated heterocycles. The third-order valence-corrected chi connectivity index (χ3v) is 6.58. The van der Waals surface area contributed by atoms with Crippen molar-refractivity contribution < 1.29 is 31.5 Å². The van der Waals surface area contributed by atoms with Crippen LogP contribution in [0.1, 0.15) is 36.4 Å². The summed E-state index contributed by atoms with van der Waals surface area (Å²) in [6.07, 6.45) is -2.72. The SMILES string of the molecule is CN1CCC(Oc2c(F)cc(Nc3ncc(C(F)(F)F)c(N4OCCC4c4ccccc4)n3)cc2F)CC1.